The van der Waals surface area contributed by atoms with E-state index in [1.165, 1.54) is 12.0 Å². The molecule has 4 fully saturated rings. The largest absolute Gasteiger partial charge is 0.481 e. The summed E-state index contributed by atoms with van der Waals surface area (Å²) in [4.78, 5) is 12.3. The first-order valence-electron chi connectivity index (χ1n) is 13.9. The van der Waals surface area contributed by atoms with Crippen molar-refractivity contribution >= 4 is 5.97 Å². The normalized spacial score (nSPS) is 56.3. The Labute approximate surface area is 206 Å². The van der Waals surface area contributed by atoms with E-state index in [0.29, 0.717) is 24.7 Å². The molecular weight excluding hydrogens is 424 g/mol. The Morgan fingerprint density at radius 3 is 2.15 bits per heavy atom. The maximum Gasteiger partial charge on any atom is 0.309 e. The van der Waals surface area contributed by atoms with Gasteiger partial charge in [-0.2, -0.15) is 0 Å². The average molecular weight is 473 g/mol. The number of fused-ring (bicyclic) bond motifs is 7. The molecule has 5 rings (SSSR count). The smallest absolute Gasteiger partial charge is 0.309 e. The van der Waals surface area contributed by atoms with E-state index in [2.05, 4.69) is 47.6 Å². The Morgan fingerprint density at radius 1 is 0.824 bits per heavy atom. The van der Waals surface area contributed by atoms with Crippen molar-refractivity contribution in [2.24, 2.45) is 50.2 Å². The van der Waals surface area contributed by atoms with Crippen LogP contribution in [0.2, 0.25) is 0 Å². The first-order chi connectivity index (χ1) is 15.6. The zero-order chi connectivity index (χ0) is 25.1. The highest BCUT2D eigenvalue weighted by atomic mass is 16.4. The second-order valence-corrected chi connectivity index (χ2v) is 15.0. The number of carboxylic acid groups (broad SMARTS) is 1. The molecular formula is C30H48O4. The predicted molar refractivity (Wildman–Crippen MR) is 134 cm³/mol. The Kier molecular flexibility index (Phi) is 5.20. The molecule has 5 aliphatic carbocycles. The number of carbonyl (C=O) groups is 1. The van der Waals surface area contributed by atoms with Crippen molar-refractivity contribution in [2.45, 2.75) is 118 Å². The van der Waals surface area contributed by atoms with Gasteiger partial charge in [-0.15, -0.1) is 0 Å². The summed E-state index contributed by atoms with van der Waals surface area (Å²) in [6.45, 7) is 16.2. The Balaban J connectivity index is 1.59. The van der Waals surface area contributed by atoms with Crippen LogP contribution < -0.4 is 0 Å². The minimum Gasteiger partial charge on any atom is -0.481 e. The van der Waals surface area contributed by atoms with Crippen molar-refractivity contribution in [1.29, 1.82) is 0 Å². The summed E-state index contributed by atoms with van der Waals surface area (Å²) in [6.07, 6.45) is 10.1. The van der Waals surface area contributed by atoms with Gasteiger partial charge in [-0.25, -0.2) is 0 Å². The van der Waals surface area contributed by atoms with Crippen LogP contribution in [0.1, 0.15) is 106 Å². The zero-order valence-corrected chi connectivity index (χ0v) is 22.6. The monoisotopic (exact) mass is 472 g/mol. The Bertz CT molecular complexity index is 923. The number of hydrogen-bond donors (Lipinski definition) is 3. The van der Waals surface area contributed by atoms with Gasteiger partial charge in [-0.05, 0) is 104 Å². The van der Waals surface area contributed by atoms with Crippen LogP contribution in [0.25, 0.3) is 0 Å². The van der Waals surface area contributed by atoms with Crippen LogP contribution in [0, 0.1) is 50.2 Å². The van der Waals surface area contributed by atoms with Crippen LogP contribution in [0.5, 0.6) is 0 Å². The number of aliphatic hydroxyl groups is 2. The summed E-state index contributed by atoms with van der Waals surface area (Å²) in [5.74, 6) is 0.463. The molecule has 0 aliphatic heterocycles. The summed E-state index contributed by atoms with van der Waals surface area (Å²) in [6, 6.07) is 0. The maximum atomic E-state index is 12.3. The van der Waals surface area contributed by atoms with Crippen molar-refractivity contribution in [3.63, 3.8) is 0 Å². The van der Waals surface area contributed by atoms with Gasteiger partial charge in [0.25, 0.3) is 0 Å². The van der Waals surface area contributed by atoms with Crippen molar-refractivity contribution in [2.75, 3.05) is 0 Å². The van der Waals surface area contributed by atoms with Gasteiger partial charge in [0.15, 0.2) is 0 Å². The van der Waals surface area contributed by atoms with E-state index >= 15 is 0 Å². The van der Waals surface area contributed by atoms with Gasteiger partial charge in [-0.3, -0.25) is 4.79 Å². The van der Waals surface area contributed by atoms with Gasteiger partial charge in [0.1, 0.15) is 0 Å². The molecule has 3 N–H and O–H groups in total. The van der Waals surface area contributed by atoms with Crippen molar-refractivity contribution < 1.29 is 20.1 Å². The summed E-state index contributed by atoms with van der Waals surface area (Å²) >= 11 is 0. The van der Waals surface area contributed by atoms with Crippen LogP contribution in [-0.2, 0) is 4.79 Å². The lowest BCUT2D eigenvalue weighted by molar-refractivity contribution is -0.208. The molecule has 0 aromatic carbocycles. The number of rotatable bonds is 1. The first-order valence-corrected chi connectivity index (χ1v) is 13.9. The van der Waals surface area contributed by atoms with E-state index in [9.17, 15) is 20.1 Å². The van der Waals surface area contributed by atoms with Gasteiger partial charge in [0, 0.05) is 5.41 Å². The lowest BCUT2D eigenvalue weighted by atomic mass is 9.33. The fraction of sp³-hybridized carbons (Fsp3) is 0.900. The number of carboxylic acids is 1. The summed E-state index contributed by atoms with van der Waals surface area (Å²) in [7, 11) is 0. The first kappa shape index (κ1) is 24.8. The number of aliphatic hydroxyl groups excluding tert-OH is 2. The van der Waals surface area contributed by atoms with Crippen LogP contribution in [-0.4, -0.2) is 33.5 Å². The number of hydrogen-bond acceptors (Lipinski definition) is 3. The zero-order valence-electron chi connectivity index (χ0n) is 22.6. The highest BCUT2D eigenvalue weighted by molar-refractivity contribution is 5.74. The summed E-state index contributed by atoms with van der Waals surface area (Å²) in [5, 5.41) is 32.2. The van der Waals surface area contributed by atoms with E-state index in [0.717, 1.165) is 38.5 Å². The molecule has 4 heteroatoms. The van der Waals surface area contributed by atoms with Crippen LogP contribution in [0.15, 0.2) is 11.6 Å². The molecule has 34 heavy (non-hydrogen) atoms. The molecule has 0 heterocycles. The molecule has 3 unspecified atom stereocenters. The third kappa shape index (κ3) is 2.82. The molecule has 192 valence electrons. The molecule has 0 amide bonds. The predicted octanol–water partition coefficient (Wildman–Crippen LogP) is 6.20. The van der Waals surface area contributed by atoms with Gasteiger partial charge in [-0.1, -0.05) is 53.2 Å². The molecule has 0 radical (unpaired) electrons. The molecule has 10 atom stereocenters. The third-order valence-corrected chi connectivity index (χ3v) is 13.4. The minimum atomic E-state index is -0.867. The van der Waals surface area contributed by atoms with Crippen molar-refractivity contribution in [3.8, 4) is 0 Å². The molecule has 4 saturated carbocycles. The lowest BCUT2D eigenvalue weighted by Gasteiger charge is -2.71. The second kappa shape index (κ2) is 7.12. The fourth-order valence-corrected chi connectivity index (χ4v) is 10.6. The van der Waals surface area contributed by atoms with E-state index in [-0.39, 0.29) is 39.1 Å². The van der Waals surface area contributed by atoms with E-state index in [4.69, 9.17) is 0 Å². The molecule has 0 aromatic rings. The van der Waals surface area contributed by atoms with Crippen LogP contribution in [0.3, 0.4) is 0 Å². The van der Waals surface area contributed by atoms with E-state index in [1.54, 1.807) is 0 Å². The van der Waals surface area contributed by atoms with E-state index in [1.807, 2.05) is 6.92 Å². The lowest BCUT2D eigenvalue weighted by Crippen LogP contribution is -2.65. The van der Waals surface area contributed by atoms with E-state index < -0.39 is 17.5 Å². The van der Waals surface area contributed by atoms with Gasteiger partial charge >= 0.3 is 5.97 Å². The number of aliphatic carboxylic acids is 1. The van der Waals surface area contributed by atoms with Gasteiger partial charge < -0.3 is 15.3 Å². The molecule has 0 saturated heterocycles. The second-order valence-electron chi connectivity index (χ2n) is 15.0. The topological polar surface area (TPSA) is 77.8 Å². The molecule has 0 bridgehead atoms. The van der Waals surface area contributed by atoms with Crippen molar-refractivity contribution in [1.82, 2.24) is 0 Å². The van der Waals surface area contributed by atoms with Crippen LogP contribution >= 0.6 is 0 Å². The minimum absolute atomic E-state index is 0.0325. The summed E-state index contributed by atoms with van der Waals surface area (Å²) < 4.78 is 0. The fourth-order valence-electron chi connectivity index (χ4n) is 10.6. The van der Waals surface area contributed by atoms with Crippen LogP contribution in [0.4, 0.5) is 0 Å². The summed E-state index contributed by atoms with van der Waals surface area (Å²) in [5.41, 5.74) is 0.706. The molecule has 4 nitrogen and oxygen atoms in total. The van der Waals surface area contributed by atoms with Crippen molar-refractivity contribution in [3.05, 3.63) is 11.6 Å². The highest BCUT2D eigenvalue weighted by Crippen LogP contribution is 2.75. The maximum absolute atomic E-state index is 12.3. The third-order valence-electron chi connectivity index (χ3n) is 13.4. The molecule has 5 aliphatic rings. The quantitative estimate of drug-likeness (QED) is 0.397. The number of allylic oxidation sites excluding steroid dienone is 2. The van der Waals surface area contributed by atoms with Gasteiger partial charge in [0.05, 0.1) is 17.6 Å². The van der Waals surface area contributed by atoms with Gasteiger partial charge in [0.2, 0.25) is 0 Å². The Morgan fingerprint density at radius 2 is 1.50 bits per heavy atom. The standard InChI is InChI=1S/C30H48O4/c1-25(2)20-10-13-30(7)21(28(20,5)12-11-22(25)31)9-8-18-19-16-26(3,24(33)34)17-23(32)27(19,4)14-15-29(18,30)6/h8,19-23,31-32H,9-17H2,1-7H3,(H,33,34)/t19-,20?,21?,22-,23+,26-,27+,28-,29?,30+/m0/s1. The highest BCUT2D eigenvalue weighted by Gasteiger charge is 2.69. The molecule has 0 spiro atoms. The SMILES string of the molecule is CC1(C)C2CC[C@]3(C)C(CC=C4[C@@H]5C[C@](C)(C(=O)O)C[C@@H](O)[C@]5(C)CCC43C)[C@@]2(C)CC[C@@H]1O. The Hall–Kier alpha value is -0.870. The average Bonchev–Trinajstić information content (AvgIpc) is 2.73. The molecule has 0 aromatic heterocycles.